The highest BCUT2D eigenvalue weighted by atomic mass is 14.4. The van der Waals surface area contributed by atoms with Crippen LogP contribution in [0.2, 0.25) is 0 Å². The van der Waals surface area contributed by atoms with Crippen LogP contribution in [0.3, 0.4) is 0 Å². The van der Waals surface area contributed by atoms with Crippen molar-refractivity contribution in [3.63, 3.8) is 0 Å². The summed E-state index contributed by atoms with van der Waals surface area (Å²) in [5.41, 5.74) is 0. The lowest BCUT2D eigenvalue weighted by Gasteiger charge is -2.38. The first-order valence-electron chi connectivity index (χ1n) is 10.6. The molecule has 23 heavy (non-hydrogen) atoms. The molecule has 0 fully saturated rings. The Morgan fingerprint density at radius 3 is 1.57 bits per heavy atom. The molecule has 6 atom stereocenters. The standard InChI is InChI=1S/C23H48/c1-11-18(7)22(12-2)15-23(17(5)6)21(10)20(9)19(8)14-13-16(3)4/h16-23H,11-15H2,1-10H3. The first-order valence-corrected chi connectivity index (χ1v) is 10.6. The minimum Gasteiger partial charge on any atom is -0.0651 e. The molecule has 0 saturated heterocycles. The van der Waals surface area contributed by atoms with Gasteiger partial charge in [0.25, 0.3) is 0 Å². The van der Waals surface area contributed by atoms with Crippen LogP contribution in [0.5, 0.6) is 0 Å². The van der Waals surface area contributed by atoms with E-state index in [1.54, 1.807) is 0 Å². The minimum atomic E-state index is 0.808. The largest absolute Gasteiger partial charge is 0.0651 e. The summed E-state index contributed by atoms with van der Waals surface area (Å²) in [6.07, 6.45) is 6.90. The zero-order valence-corrected chi connectivity index (χ0v) is 18.2. The maximum Gasteiger partial charge on any atom is -0.0360 e. The summed E-state index contributed by atoms with van der Waals surface area (Å²) < 4.78 is 0. The molecular weight excluding hydrogens is 276 g/mol. The first kappa shape index (κ1) is 23.0. The van der Waals surface area contributed by atoms with Gasteiger partial charge in [-0.3, -0.25) is 0 Å². The molecule has 0 heterocycles. The molecule has 0 spiro atoms. The molecule has 0 aromatic heterocycles. The van der Waals surface area contributed by atoms with Gasteiger partial charge in [0.15, 0.2) is 0 Å². The topological polar surface area (TPSA) is 0 Å². The second kappa shape index (κ2) is 11.5. The van der Waals surface area contributed by atoms with Crippen molar-refractivity contribution in [3.8, 4) is 0 Å². The quantitative estimate of drug-likeness (QED) is 0.340. The van der Waals surface area contributed by atoms with Crippen LogP contribution >= 0.6 is 0 Å². The predicted molar refractivity (Wildman–Crippen MR) is 108 cm³/mol. The van der Waals surface area contributed by atoms with Gasteiger partial charge in [0.1, 0.15) is 0 Å². The van der Waals surface area contributed by atoms with Crippen molar-refractivity contribution in [1.82, 2.24) is 0 Å². The van der Waals surface area contributed by atoms with Gasteiger partial charge in [-0.05, 0) is 53.8 Å². The Hall–Kier alpha value is 0. The summed E-state index contributed by atoms with van der Waals surface area (Å²) in [4.78, 5) is 0. The maximum absolute atomic E-state index is 2.55. The fraction of sp³-hybridized carbons (Fsp3) is 1.00. The van der Waals surface area contributed by atoms with Crippen LogP contribution in [0, 0.1) is 47.3 Å². The highest BCUT2D eigenvalue weighted by Crippen LogP contribution is 2.39. The summed E-state index contributed by atoms with van der Waals surface area (Å²) in [5, 5.41) is 0. The van der Waals surface area contributed by atoms with Gasteiger partial charge in [-0.2, -0.15) is 0 Å². The monoisotopic (exact) mass is 324 g/mol. The Morgan fingerprint density at radius 1 is 0.609 bits per heavy atom. The molecule has 0 heteroatoms. The third-order valence-corrected chi connectivity index (χ3v) is 7.01. The molecule has 0 bridgehead atoms. The number of rotatable bonds is 12. The lowest BCUT2D eigenvalue weighted by molar-refractivity contribution is 0.116. The van der Waals surface area contributed by atoms with E-state index >= 15 is 0 Å². The van der Waals surface area contributed by atoms with Crippen LogP contribution in [0.25, 0.3) is 0 Å². The van der Waals surface area contributed by atoms with Gasteiger partial charge in [0, 0.05) is 0 Å². The molecule has 0 amide bonds. The normalized spacial score (nSPS) is 20.3. The molecule has 0 N–H and O–H groups in total. The van der Waals surface area contributed by atoms with Gasteiger partial charge in [0.05, 0.1) is 0 Å². The summed E-state index contributed by atoms with van der Waals surface area (Å²) in [5.74, 6) is 6.86. The fourth-order valence-corrected chi connectivity index (χ4v) is 4.35. The second-order valence-electron chi connectivity index (χ2n) is 9.36. The zero-order valence-electron chi connectivity index (χ0n) is 18.2. The average molecular weight is 325 g/mol. The Morgan fingerprint density at radius 2 is 1.17 bits per heavy atom. The lowest BCUT2D eigenvalue weighted by Crippen LogP contribution is -2.30. The van der Waals surface area contributed by atoms with Crippen molar-refractivity contribution in [2.45, 2.75) is 101 Å². The van der Waals surface area contributed by atoms with E-state index in [0.29, 0.717) is 0 Å². The van der Waals surface area contributed by atoms with Crippen molar-refractivity contribution in [2.75, 3.05) is 0 Å². The Balaban J connectivity index is 4.86. The summed E-state index contributed by atoms with van der Waals surface area (Å²) in [6, 6.07) is 0. The molecule has 6 unspecified atom stereocenters. The van der Waals surface area contributed by atoms with Gasteiger partial charge in [-0.15, -0.1) is 0 Å². The number of hydrogen-bond donors (Lipinski definition) is 0. The van der Waals surface area contributed by atoms with Crippen molar-refractivity contribution >= 4 is 0 Å². The summed E-state index contributed by atoms with van der Waals surface area (Å²) in [6.45, 7) is 24.4. The van der Waals surface area contributed by atoms with E-state index in [9.17, 15) is 0 Å². The predicted octanol–water partition coefficient (Wildman–Crippen LogP) is 8.07. The molecule has 0 saturated carbocycles. The summed E-state index contributed by atoms with van der Waals surface area (Å²) >= 11 is 0. The lowest BCUT2D eigenvalue weighted by atomic mass is 9.68. The zero-order chi connectivity index (χ0) is 18.2. The van der Waals surface area contributed by atoms with Crippen molar-refractivity contribution in [2.24, 2.45) is 47.3 Å². The highest BCUT2D eigenvalue weighted by molar-refractivity contribution is 4.80. The average Bonchev–Trinajstić information content (AvgIpc) is 2.51. The molecule has 0 aliphatic rings. The van der Waals surface area contributed by atoms with E-state index in [1.807, 2.05) is 0 Å². The molecule has 0 aliphatic carbocycles. The molecule has 140 valence electrons. The molecule has 0 nitrogen and oxygen atoms in total. The van der Waals surface area contributed by atoms with E-state index in [0.717, 1.165) is 47.3 Å². The van der Waals surface area contributed by atoms with Crippen LogP contribution in [0.1, 0.15) is 101 Å². The molecular formula is C23H48. The SMILES string of the molecule is CCC(C)C(CC)CC(C(C)C)C(C)C(C)C(C)CCC(C)C. The maximum atomic E-state index is 2.55. The van der Waals surface area contributed by atoms with Gasteiger partial charge in [0.2, 0.25) is 0 Å². The molecule has 0 rings (SSSR count). The minimum absolute atomic E-state index is 0.808. The van der Waals surface area contributed by atoms with E-state index in [4.69, 9.17) is 0 Å². The van der Waals surface area contributed by atoms with Crippen LogP contribution in [-0.4, -0.2) is 0 Å². The van der Waals surface area contributed by atoms with Crippen molar-refractivity contribution in [1.29, 1.82) is 0 Å². The van der Waals surface area contributed by atoms with Gasteiger partial charge in [-0.1, -0.05) is 94.9 Å². The molecule has 0 radical (unpaired) electrons. The van der Waals surface area contributed by atoms with Gasteiger partial charge >= 0.3 is 0 Å². The molecule has 0 aliphatic heterocycles. The van der Waals surface area contributed by atoms with Crippen LogP contribution < -0.4 is 0 Å². The smallest absolute Gasteiger partial charge is 0.0360 e. The van der Waals surface area contributed by atoms with Crippen LogP contribution in [-0.2, 0) is 0 Å². The van der Waals surface area contributed by atoms with Gasteiger partial charge in [-0.25, -0.2) is 0 Å². The van der Waals surface area contributed by atoms with E-state index in [1.165, 1.54) is 32.1 Å². The van der Waals surface area contributed by atoms with E-state index in [2.05, 4.69) is 69.2 Å². The van der Waals surface area contributed by atoms with Gasteiger partial charge < -0.3 is 0 Å². The Labute approximate surface area is 149 Å². The van der Waals surface area contributed by atoms with Crippen LogP contribution in [0.15, 0.2) is 0 Å². The third kappa shape index (κ3) is 8.08. The third-order valence-electron chi connectivity index (χ3n) is 7.01. The first-order chi connectivity index (χ1) is 10.6. The Kier molecular flexibility index (Phi) is 11.5. The number of hydrogen-bond acceptors (Lipinski definition) is 0. The fourth-order valence-electron chi connectivity index (χ4n) is 4.35. The van der Waals surface area contributed by atoms with E-state index in [-0.39, 0.29) is 0 Å². The van der Waals surface area contributed by atoms with Crippen molar-refractivity contribution < 1.29 is 0 Å². The second-order valence-corrected chi connectivity index (χ2v) is 9.36. The Bertz CT molecular complexity index is 278. The molecule has 0 aromatic carbocycles. The molecule has 0 aromatic rings. The van der Waals surface area contributed by atoms with E-state index < -0.39 is 0 Å². The summed E-state index contributed by atoms with van der Waals surface area (Å²) in [7, 11) is 0. The highest BCUT2D eigenvalue weighted by Gasteiger charge is 2.31. The van der Waals surface area contributed by atoms with Crippen LogP contribution in [0.4, 0.5) is 0 Å². The van der Waals surface area contributed by atoms with Crippen molar-refractivity contribution in [3.05, 3.63) is 0 Å².